The van der Waals surface area contributed by atoms with Crippen LogP contribution in [-0.2, 0) is 14.3 Å². The summed E-state index contributed by atoms with van der Waals surface area (Å²) in [5, 5.41) is 0. The van der Waals surface area contributed by atoms with E-state index in [1.807, 2.05) is 0 Å². The van der Waals surface area contributed by atoms with Crippen molar-refractivity contribution in [2.45, 2.75) is 19.3 Å². The van der Waals surface area contributed by atoms with Crippen molar-refractivity contribution in [3.63, 3.8) is 0 Å². The molecule has 0 bridgehead atoms. The lowest BCUT2D eigenvalue weighted by Crippen LogP contribution is -2.37. The molecule has 1 aromatic rings. The van der Waals surface area contributed by atoms with E-state index in [1.54, 1.807) is 28.0 Å². The van der Waals surface area contributed by atoms with Crippen LogP contribution in [0.25, 0.3) is 0 Å². The molecule has 1 aromatic carbocycles. The molecular weight excluding hydrogens is 340 g/mol. The Labute approximate surface area is 151 Å². The van der Waals surface area contributed by atoms with Gasteiger partial charge in [0.05, 0.1) is 13.5 Å². The molecule has 0 atom stereocenters. The Morgan fingerprint density at radius 1 is 1.00 bits per heavy atom. The van der Waals surface area contributed by atoms with Gasteiger partial charge in [0.1, 0.15) is 0 Å². The molecular formula is C18H22N2O6. The molecule has 140 valence electrons. The molecule has 0 aliphatic carbocycles. The van der Waals surface area contributed by atoms with Crippen LogP contribution in [0.2, 0.25) is 0 Å². The number of rotatable bonds is 4. The number of benzene rings is 1. The van der Waals surface area contributed by atoms with Gasteiger partial charge in [-0.3, -0.25) is 14.4 Å². The molecule has 0 radical (unpaired) electrons. The molecule has 0 aromatic heterocycles. The number of methoxy groups -OCH3 is 1. The van der Waals surface area contributed by atoms with E-state index in [2.05, 4.69) is 4.74 Å². The van der Waals surface area contributed by atoms with Crippen molar-refractivity contribution < 1.29 is 28.6 Å². The van der Waals surface area contributed by atoms with E-state index in [1.165, 1.54) is 7.11 Å². The predicted octanol–water partition coefficient (Wildman–Crippen LogP) is 1.04. The first-order valence-electron chi connectivity index (χ1n) is 8.62. The summed E-state index contributed by atoms with van der Waals surface area (Å²) in [6, 6.07) is 5.14. The third-order valence-electron chi connectivity index (χ3n) is 4.53. The zero-order valence-electron chi connectivity index (χ0n) is 14.7. The highest BCUT2D eigenvalue weighted by molar-refractivity contribution is 5.95. The molecule has 0 N–H and O–H groups in total. The highest BCUT2D eigenvalue weighted by Crippen LogP contribution is 2.32. The van der Waals surface area contributed by atoms with Crippen molar-refractivity contribution in [3.05, 3.63) is 23.8 Å². The molecule has 0 spiro atoms. The highest BCUT2D eigenvalue weighted by atomic mass is 16.7. The van der Waals surface area contributed by atoms with Crippen LogP contribution < -0.4 is 9.47 Å². The van der Waals surface area contributed by atoms with E-state index in [4.69, 9.17) is 9.47 Å². The Hall–Kier alpha value is -2.77. The first-order valence-corrected chi connectivity index (χ1v) is 8.62. The van der Waals surface area contributed by atoms with E-state index in [-0.39, 0.29) is 31.4 Å². The summed E-state index contributed by atoms with van der Waals surface area (Å²) in [5.74, 6) is 0.637. The molecule has 26 heavy (non-hydrogen) atoms. The van der Waals surface area contributed by atoms with E-state index in [0.717, 1.165) is 0 Å². The molecule has 1 saturated heterocycles. The van der Waals surface area contributed by atoms with E-state index < -0.39 is 5.97 Å². The number of fused-ring (bicyclic) bond motifs is 1. The van der Waals surface area contributed by atoms with Gasteiger partial charge in [-0.2, -0.15) is 0 Å². The smallest absolute Gasteiger partial charge is 0.306 e. The summed E-state index contributed by atoms with van der Waals surface area (Å²) in [7, 11) is 1.30. The molecule has 2 aliphatic rings. The van der Waals surface area contributed by atoms with Gasteiger partial charge >= 0.3 is 5.97 Å². The zero-order valence-corrected chi connectivity index (χ0v) is 14.7. The first-order chi connectivity index (χ1) is 12.6. The number of carbonyl (C=O) groups is 3. The topological polar surface area (TPSA) is 85.4 Å². The Balaban J connectivity index is 1.57. The molecule has 2 amide bonds. The number of ether oxygens (including phenoxy) is 3. The van der Waals surface area contributed by atoms with Gasteiger partial charge in [0.2, 0.25) is 12.7 Å². The summed E-state index contributed by atoms with van der Waals surface area (Å²) >= 11 is 0. The average Bonchev–Trinajstić information content (AvgIpc) is 2.99. The largest absolute Gasteiger partial charge is 0.469 e. The predicted molar refractivity (Wildman–Crippen MR) is 90.9 cm³/mol. The molecule has 1 fully saturated rings. The fourth-order valence-corrected chi connectivity index (χ4v) is 3.05. The number of amides is 2. The number of hydrogen-bond acceptors (Lipinski definition) is 6. The average molecular weight is 362 g/mol. The van der Waals surface area contributed by atoms with Crippen LogP contribution in [0.3, 0.4) is 0 Å². The third-order valence-corrected chi connectivity index (χ3v) is 4.53. The third kappa shape index (κ3) is 4.07. The van der Waals surface area contributed by atoms with Crippen LogP contribution in [-0.4, -0.2) is 67.7 Å². The molecule has 3 rings (SSSR count). The van der Waals surface area contributed by atoms with Gasteiger partial charge in [0.25, 0.3) is 5.91 Å². The second-order valence-electron chi connectivity index (χ2n) is 6.17. The van der Waals surface area contributed by atoms with Crippen LogP contribution >= 0.6 is 0 Å². The van der Waals surface area contributed by atoms with Crippen molar-refractivity contribution in [2.75, 3.05) is 40.1 Å². The SMILES string of the molecule is COC(=O)CCC(=O)N1CCCN(C(=O)c2ccc3c(c2)OCO3)CC1. The first kappa shape index (κ1) is 18.0. The normalized spacial score (nSPS) is 16.2. The Bertz CT molecular complexity index is 705. The Morgan fingerprint density at radius 3 is 2.54 bits per heavy atom. The van der Waals surface area contributed by atoms with Crippen LogP contribution in [0.4, 0.5) is 0 Å². The van der Waals surface area contributed by atoms with Crippen molar-refractivity contribution in [2.24, 2.45) is 0 Å². The summed E-state index contributed by atoms with van der Waals surface area (Å²) < 4.78 is 15.1. The van der Waals surface area contributed by atoms with Gasteiger partial charge in [0, 0.05) is 38.2 Å². The minimum atomic E-state index is -0.396. The maximum Gasteiger partial charge on any atom is 0.306 e. The molecule has 8 nitrogen and oxygen atoms in total. The molecule has 8 heteroatoms. The van der Waals surface area contributed by atoms with Crippen LogP contribution in [0.5, 0.6) is 11.5 Å². The second kappa shape index (κ2) is 8.07. The van der Waals surface area contributed by atoms with Crippen molar-refractivity contribution >= 4 is 17.8 Å². The lowest BCUT2D eigenvalue weighted by Gasteiger charge is -2.22. The number of hydrogen-bond donors (Lipinski definition) is 0. The van der Waals surface area contributed by atoms with Gasteiger partial charge in [-0.1, -0.05) is 0 Å². The monoisotopic (exact) mass is 362 g/mol. The number of esters is 1. The minimum Gasteiger partial charge on any atom is -0.469 e. The van der Waals surface area contributed by atoms with Crippen LogP contribution in [0.15, 0.2) is 18.2 Å². The van der Waals surface area contributed by atoms with Gasteiger partial charge in [-0.15, -0.1) is 0 Å². The molecule has 2 aliphatic heterocycles. The van der Waals surface area contributed by atoms with Crippen LogP contribution in [0.1, 0.15) is 29.6 Å². The lowest BCUT2D eigenvalue weighted by atomic mass is 10.1. The standard InChI is InChI=1S/C18H22N2O6/c1-24-17(22)6-5-16(21)19-7-2-8-20(10-9-19)18(23)13-3-4-14-15(11-13)26-12-25-14/h3-4,11H,2,5-10,12H2,1H3. The summed E-state index contributed by atoms with van der Waals surface area (Å²) in [5.41, 5.74) is 0.541. The van der Waals surface area contributed by atoms with Crippen molar-refractivity contribution in [3.8, 4) is 11.5 Å². The van der Waals surface area contributed by atoms with Crippen LogP contribution in [0, 0.1) is 0 Å². The minimum absolute atomic E-state index is 0.0751. The van der Waals surface area contributed by atoms with Gasteiger partial charge in [-0.25, -0.2) is 0 Å². The van der Waals surface area contributed by atoms with Crippen molar-refractivity contribution in [1.82, 2.24) is 9.80 Å². The second-order valence-corrected chi connectivity index (χ2v) is 6.17. The Morgan fingerprint density at radius 2 is 1.73 bits per heavy atom. The summed E-state index contributed by atoms with van der Waals surface area (Å²) in [6.45, 7) is 2.23. The molecule has 0 saturated carbocycles. The van der Waals surface area contributed by atoms with Crippen molar-refractivity contribution in [1.29, 1.82) is 0 Å². The number of carbonyl (C=O) groups excluding carboxylic acids is 3. The van der Waals surface area contributed by atoms with E-state index in [0.29, 0.717) is 49.7 Å². The van der Waals surface area contributed by atoms with Gasteiger partial charge in [-0.05, 0) is 24.6 Å². The maximum absolute atomic E-state index is 12.7. The van der Waals surface area contributed by atoms with Gasteiger partial charge in [0.15, 0.2) is 11.5 Å². The molecule has 2 heterocycles. The fraction of sp³-hybridized carbons (Fsp3) is 0.500. The highest BCUT2D eigenvalue weighted by Gasteiger charge is 2.24. The number of nitrogens with zero attached hydrogens (tertiary/aromatic N) is 2. The lowest BCUT2D eigenvalue weighted by molar-refractivity contribution is -0.143. The maximum atomic E-state index is 12.7. The molecule has 0 unspecified atom stereocenters. The van der Waals surface area contributed by atoms with E-state index in [9.17, 15) is 14.4 Å². The van der Waals surface area contributed by atoms with Gasteiger partial charge < -0.3 is 24.0 Å². The Kier molecular flexibility index (Phi) is 5.60. The summed E-state index contributed by atoms with van der Waals surface area (Å²) in [4.78, 5) is 39.6. The quantitative estimate of drug-likeness (QED) is 0.744. The zero-order chi connectivity index (χ0) is 18.5. The summed E-state index contributed by atoms with van der Waals surface area (Å²) in [6.07, 6.45) is 0.898. The fourth-order valence-electron chi connectivity index (χ4n) is 3.05. The van der Waals surface area contributed by atoms with E-state index >= 15 is 0 Å².